The van der Waals surface area contributed by atoms with Crippen molar-refractivity contribution in [1.29, 1.82) is 0 Å². The van der Waals surface area contributed by atoms with Crippen molar-refractivity contribution in [2.24, 2.45) is 16.7 Å². The second-order valence-electron chi connectivity index (χ2n) is 16.4. The fraction of sp³-hybridized carbons (Fsp3) is 0.442. The number of hydrogen-bond donors (Lipinski definition) is 6. The summed E-state index contributed by atoms with van der Waals surface area (Å²) in [5.74, 6) is -5.10. The minimum Gasteiger partial charge on any atom is -0.456 e. The summed E-state index contributed by atoms with van der Waals surface area (Å²) in [5, 5.41) is 63.7. The number of carbonyl (C=O) groups is 4. The molecule has 0 radical (unpaired) electrons. The number of Topliss-reactive ketones (excluding diaryl/α,β-unsaturated/α-hetero) is 1. The number of benzene rings is 3. The number of nitrogens with one attached hydrogen (secondary N) is 1. The predicted octanol–water partition coefficient (Wildman–Crippen LogP) is 3.36. The largest absolute Gasteiger partial charge is 0.456 e. The van der Waals surface area contributed by atoms with Crippen LogP contribution in [0.5, 0.6) is 0 Å². The molecule has 3 aromatic rings. The fourth-order valence-corrected chi connectivity index (χ4v) is 9.82. The quantitative estimate of drug-likeness (QED) is 0.143. The Hall–Kier alpha value is -4.28. The smallest absolute Gasteiger partial charge is 0.338 e. The summed E-state index contributed by atoms with van der Waals surface area (Å²) in [7, 11) is 0. The zero-order chi connectivity index (χ0) is 41.2. The van der Waals surface area contributed by atoms with E-state index in [-0.39, 0.29) is 35.3 Å². The highest BCUT2D eigenvalue weighted by molar-refractivity contribution is 9.10. The summed E-state index contributed by atoms with van der Waals surface area (Å²) in [5.41, 5.74) is -6.90. The molecule has 14 heteroatoms. The van der Waals surface area contributed by atoms with Crippen LogP contribution in [0.4, 0.5) is 0 Å². The first-order chi connectivity index (χ1) is 26.9. The van der Waals surface area contributed by atoms with Crippen molar-refractivity contribution in [3.05, 3.63) is 117 Å². The molecule has 2 bridgehead atoms. The third-order valence-electron chi connectivity index (χ3n) is 13.0. The van der Waals surface area contributed by atoms with Crippen LogP contribution in [-0.4, -0.2) is 104 Å². The summed E-state index contributed by atoms with van der Waals surface area (Å²) in [4.78, 5) is 56.2. The van der Waals surface area contributed by atoms with E-state index in [2.05, 4.69) is 21.2 Å². The van der Waals surface area contributed by atoms with E-state index >= 15 is 0 Å². The maximum absolute atomic E-state index is 14.7. The van der Waals surface area contributed by atoms with Crippen LogP contribution in [0.25, 0.3) is 0 Å². The second-order valence-corrected chi connectivity index (χ2v) is 17.3. The van der Waals surface area contributed by atoms with Gasteiger partial charge in [-0.15, -0.1) is 0 Å². The van der Waals surface area contributed by atoms with Crippen molar-refractivity contribution in [1.82, 2.24) is 5.32 Å². The van der Waals surface area contributed by atoms with Crippen LogP contribution in [0, 0.1) is 16.7 Å². The molecule has 6 N–H and O–H groups in total. The van der Waals surface area contributed by atoms with Gasteiger partial charge in [-0.1, -0.05) is 78.3 Å². The Kier molecular flexibility index (Phi) is 10.6. The number of hydrogen-bond acceptors (Lipinski definition) is 12. The van der Waals surface area contributed by atoms with Crippen molar-refractivity contribution >= 4 is 39.6 Å². The Bertz CT molecular complexity index is 2090. The number of ketones is 1. The molecule has 3 aliphatic carbocycles. The van der Waals surface area contributed by atoms with E-state index in [0.29, 0.717) is 10.0 Å². The van der Waals surface area contributed by atoms with Gasteiger partial charge in [-0.25, -0.2) is 9.59 Å². The minimum absolute atomic E-state index is 0.0398. The SMILES string of the molecule is CC1=C2C(O)C(=O)[C@]3(C)C(O)CC4OCC4(O)C3C(OC(=O)c3ccccc3)C(O)(CC1OC(=O)C(O)[C@@H](NC(=O)c1ccccc1)c1ccc(Br)cc1)C2(C)C. The van der Waals surface area contributed by atoms with Crippen LogP contribution in [0.15, 0.2) is 101 Å². The normalized spacial score (nSPS) is 33.9. The first-order valence-electron chi connectivity index (χ1n) is 18.8. The topological polar surface area (TPSA) is 209 Å². The van der Waals surface area contributed by atoms with E-state index in [1.165, 1.54) is 26.0 Å². The van der Waals surface area contributed by atoms with Crippen LogP contribution in [0.3, 0.4) is 0 Å². The summed E-state index contributed by atoms with van der Waals surface area (Å²) in [6.07, 6.45) is -10.3. The van der Waals surface area contributed by atoms with Crippen molar-refractivity contribution in [2.45, 2.75) is 94.4 Å². The highest BCUT2D eigenvalue weighted by Crippen LogP contribution is 2.63. The summed E-state index contributed by atoms with van der Waals surface area (Å²) < 4.78 is 18.6. The van der Waals surface area contributed by atoms with Crippen LogP contribution < -0.4 is 5.32 Å². The molecule has 0 aromatic heterocycles. The van der Waals surface area contributed by atoms with Crippen LogP contribution >= 0.6 is 15.9 Å². The van der Waals surface area contributed by atoms with E-state index in [0.717, 1.165) is 0 Å². The van der Waals surface area contributed by atoms with Gasteiger partial charge in [0.2, 0.25) is 0 Å². The number of esters is 2. The number of aliphatic hydroxyl groups is 5. The second kappa shape index (κ2) is 14.8. The van der Waals surface area contributed by atoms with Gasteiger partial charge in [-0.3, -0.25) is 9.59 Å². The lowest BCUT2D eigenvalue weighted by Gasteiger charge is -2.66. The van der Waals surface area contributed by atoms with Gasteiger partial charge in [-0.05, 0) is 67.0 Å². The average molecular weight is 849 g/mol. The standard InChI is InChI=1S/C43H46BrNO12/c1-22-27(56-39(52)33(48)31(23-15-17-26(44)18-16-23)45-37(50)24-11-7-5-8-12-24)20-43(54)36(57-38(51)25-13-9-6-10-14-25)34-41(4,28(46)19-29-42(34,53)21-55-29)35(49)32(47)30(22)40(43,2)3/h5-18,27-29,31-34,36,46-48,53-54H,19-21H2,1-4H3,(H,45,50)/t27?,28?,29?,31-,32?,33?,34?,36?,41+,42?,43?/m0/s1. The Morgan fingerprint density at radius 1 is 0.895 bits per heavy atom. The lowest BCUT2D eigenvalue weighted by atomic mass is 9.44. The molecule has 3 fully saturated rings. The first kappa shape index (κ1) is 40.9. The summed E-state index contributed by atoms with van der Waals surface area (Å²) >= 11 is 3.37. The number of fused-ring (bicyclic) bond motifs is 5. The molecule has 0 spiro atoms. The molecule has 7 rings (SSSR count). The zero-order valence-electron chi connectivity index (χ0n) is 31.8. The number of rotatable bonds is 8. The van der Waals surface area contributed by atoms with E-state index in [9.17, 15) is 44.7 Å². The lowest BCUT2D eigenvalue weighted by molar-refractivity contribution is -0.343. The molecule has 302 valence electrons. The number of ether oxygens (including phenoxy) is 3. The van der Waals surface area contributed by atoms with Gasteiger partial charge < -0.3 is 45.1 Å². The van der Waals surface area contributed by atoms with Crippen molar-refractivity contribution < 1.29 is 58.9 Å². The maximum atomic E-state index is 14.7. The van der Waals surface area contributed by atoms with Gasteiger partial charge in [-0.2, -0.15) is 0 Å². The molecule has 9 unspecified atom stereocenters. The van der Waals surface area contributed by atoms with Crippen molar-refractivity contribution in [3.63, 3.8) is 0 Å². The molecule has 1 saturated heterocycles. The molecule has 57 heavy (non-hydrogen) atoms. The molecule has 1 aliphatic heterocycles. The number of aliphatic hydroxyl groups excluding tert-OH is 3. The van der Waals surface area contributed by atoms with Gasteiger partial charge >= 0.3 is 11.9 Å². The van der Waals surface area contributed by atoms with E-state index in [1.54, 1.807) is 86.6 Å². The maximum Gasteiger partial charge on any atom is 0.338 e. The highest BCUT2D eigenvalue weighted by atomic mass is 79.9. The Morgan fingerprint density at radius 3 is 2.07 bits per heavy atom. The fourth-order valence-electron chi connectivity index (χ4n) is 9.55. The highest BCUT2D eigenvalue weighted by Gasteiger charge is 2.76. The monoisotopic (exact) mass is 847 g/mol. The Morgan fingerprint density at radius 2 is 1.49 bits per heavy atom. The Labute approximate surface area is 337 Å². The molecule has 3 aromatic carbocycles. The number of carbonyl (C=O) groups excluding carboxylic acids is 4. The third-order valence-corrected chi connectivity index (χ3v) is 13.5. The van der Waals surface area contributed by atoms with Crippen LogP contribution in [0.1, 0.15) is 72.9 Å². The molecular formula is C43H46BrNO12. The van der Waals surface area contributed by atoms with E-state index < -0.39 is 101 Å². The van der Waals surface area contributed by atoms with Crippen molar-refractivity contribution in [2.75, 3.05) is 6.61 Å². The van der Waals surface area contributed by atoms with Gasteiger partial charge in [0.1, 0.15) is 29.5 Å². The lowest BCUT2D eigenvalue weighted by Crippen LogP contribution is -2.81. The molecule has 11 atom stereocenters. The van der Waals surface area contributed by atoms with Crippen LogP contribution in [0.2, 0.25) is 0 Å². The van der Waals surface area contributed by atoms with Crippen LogP contribution in [-0.2, 0) is 23.8 Å². The Balaban J connectivity index is 1.31. The van der Waals surface area contributed by atoms with Gasteiger partial charge in [0.05, 0.1) is 35.8 Å². The van der Waals surface area contributed by atoms with E-state index in [4.69, 9.17) is 14.2 Å². The zero-order valence-corrected chi connectivity index (χ0v) is 33.4. The van der Waals surface area contributed by atoms with Gasteiger partial charge in [0.25, 0.3) is 5.91 Å². The molecule has 13 nitrogen and oxygen atoms in total. The predicted molar refractivity (Wildman–Crippen MR) is 206 cm³/mol. The first-order valence-corrected chi connectivity index (χ1v) is 19.6. The molecule has 1 heterocycles. The summed E-state index contributed by atoms with van der Waals surface area (Å²) in [6.45, 7) is 5.71. The molecular weight excluding hydrogens is 802 g/mol. The average Bonchev–Trinajstić information content (AvgIpc) is 3.19. The molecule has 4 aliphatic rings. The summed E-state index contributed by atoms with van der Waals surface area (Å²) in [6, 6.07) is 21.4. The molecule has 2 saturated carbocycles. The molecule has 1 amide bonds. The third kappa shape index (κ3) is 6.55. The van der Waals surface area contributed by atoms with Crippen molar-refractivity contribution in [3.8, 4) is 0 Å². The van der Waals surface area contributed by atoms with E-state index in [1.807, 2.05) is 0 Å². The van der Waals surface area contributed by atoms with Gasteiger partial charge in [0, 0.05) is 34.2 Å². The number of amides is 1. The van der Waals surface area contributed by atoms with Gasteiger partial charge in [0.15, 0.2) is 11.9 Å². The number of halogens is 1. The minimum atomic E-state index is -2.31.